The van der Waals surface area contributed by atoms with Crippen LogP contribution in [-0.2, 0) is 9.53 Å². The fourth-order valence-electron chi connectivity index (χ4n) is 11.1. The Kier molecular flexibility index (Phi) is 4.51. The normalized spacial score (nSPS) is 59.7. The third-order valence-electron chi connectivity index (χ3n) is 13.8. The highest BCUT2D eigenvalue weighted by molar-refractivity contribution is 5.83. The first-order valence-corrected chi connectivity index (χ1v) is 13.9. The van der Waals surface area contributed by atoms with Crippen LogP contribution < -0.4 is 0 Å². The van der Waals surface area contributed by atoms with E-state index in [-0.39, 0.29) is 51.2 Å². The van der Waals surface area contributed by atoms with Gasteiger partial charge in [-0.2, -0.15) is 0 Å². The summed E-state index contributed by atoms with van der Waals surface area (Å²) in [5.41, 5.74) is 1.26. The largest absolute Gasteiger partial charge is 0.458 e. The average Bonchev–Trinajstić information content (AvgIpc) is 2.76. The summed E-state index contributed by atoms with van der Waals surface area (Å²) in [6.45, 7) is 16.5. The first kappa shape index (κ1) is 23.5. The number of carbonyl (C=O) groups is 1. The quantitative estimate of drug-likeness (QED) is 0.354. The summed E-state index contributed by atoms with van der Waals surface area (Å²) in [7, 11) is 0. The molecule has 0 unspecified atom stereocenters. The molecular weight excluding hydrogens is 424 g/mol. The Balaban J connectivity index is 1.43. The van der Waals surface area contributed by atoms with E-state index in [0.717, 1.165) is 38.5 Å². The number of carbonyl (C=O) groups excluding carboxylic acids is 1. The number of rotatable bonds is 0. The van der Waals surface area contributed by atoms with Gasteiger partial charge in [-0.15, -0.1) is 0 Å². The summed E-state index contributed by atoms with van der Waals surface area (Å²) in [6.07, 6.45) is 9.85. The highest BCUT2D eigenvalue weighted by Crippen LogP contribution is 2.76. The number of fused-ring (bicyclic) bond motifs is 8. The van der Waals surface area contributed by atoms with Crippen molar-refractivity contribution in [3.05, 3.63) is 11.6 Å². The van der Waals surface area contributed by atoms with Crippen molar-refractivity contribution in [3.8, 4) is 0 Å². The first-order valence-electron chi connectivity index (χ1n) is 13.9. The van der Waals surface area contributed by atoms with E-state index < -0.39 is 11.5 Å². The number of esters is 1. The second-order valence-electron chi connectivity index (χ2n) is 15.1. The molecule has 0 spiro atoms. The molecule has 1 saturated heterocycles. The van der Waals surface area contributed by atoms with Gasteiger partial charge in [0.15, 0.2) is 0 Å². The summed E-state index contributed by atoms with van der Waals surface area (Å²) < 4.78 is 5.51. The van der Waals surface area contributed by atoms with Gasteiger partial charge in [0.25, 0.3) is 0 Å². The standard InChI is InChI=1S/C30H46O4/c1-25(2)19-10-13-30(7)20(27(19,4)12-11-21(25)31)9-8-17-18-16-28(5)23(34-24(28)33)22(32)26(18,3)14-15-29(17,30)6/h8,18-23,31-32H,9-16H2,1-7H3/t18-,19-,20-,21+,22+,23+,26+,27+,28-,29+,30+/m1/s1. The first-order chi connectivity index (χ1) is 15.7. The van der Waals surface area contributed by atoms with Crippen molar-refractivity contribution in [2.45, 2.75) is 118 Å². The maximum atomic E-state index is 12.6. The van der Waals surface area contributed by atoms with E-state index in [2.05, 4.69) is 47.6 Å². The maximum Gasteiger partial charge on any atom is 0.316 e. The Bertz CT molecular complexity index is 969. The van der Waals surface area contributed by atoms with Crippen LogP contribution in [-0.4, -0.2) is 34.5 Å². The molecule has 0 amide bonds. The van der Waals surface area contributed by atoms with Crippen LogP contribution in [0.4, 0.5) is 0 Å². The van der Waals surface area contributed by atoms with E-state index in [0.29, 0.717) is 11.8 Å². The molecule has 6 aliphatic rings. The van der Waals surface area contributed by atoms with Crippen LogP contribution in [0.15, 0.2) is 11.6 Å². The van der Waals surface area contributed by atoms with Gasteiger partial charge in [-0.05, 0) is 97.7 Å². The number of hydrogen-bond acceptors (Lipinski definition) is 4. The van der Waals surface area contributed by atoms with Crippen LogP contribution in [0.2, 0.25) is 0 Å². The second kappa shape index (κ2) is 6.52. The van der Waals surface area contributed by atoms with Gasteiger partial charge in [-0.3, -0.25) is 4.79 Å². The van der Waals surface area contributed by atoms with Crippen LogP contribution in [0, 0.1) is 50.2 Å². The van der Waals surface area contributed by atoms with Crippen molar-refractivity contribution in [2.24, 2.45) is 50.2 Å². The van der Waals surface area contributed by atoms with Gasteiger partial charge >= 0.3 is 5.97 Å². The molecular formula is C30H46O4. The molecule has 0 aromatic heterocycles. The van der Waals surface area contributed by atoms with Gasteiger partial charge < -0.3 is 14.9 Å². The number of allylic oxidation sites excluding steroid dienone is 2. The van der Waals surface area contributed by atoms with Crippen LogP contribution in [0.25, 0.3) is 0 Å². The van der Waals surface area contributed by atoms with Crippen LogP contribution in [0.5, 0.6) is 0 Å². The van der Waals surface area contributed by atoms with Gasteiger partial charge in [-0.25, -0.2) is 0 Å². The van der Waals surface area contributed by atoms with Gasteiger partial charge in [-0.1, -0.05) is 53.2 Å². The Morgan fingerprint density at radius 3 is 2.26 bits per heavy atom. The van der Waals surface area contributed by atoms with Gasteiger partial charge in [0.05, 0.1) is 12.2 Å². The Labute approximate surface area is 205 Å². The summed E-state index contributed by atoms with van der Waals surface area (Å²) in [4.78, 5) is 12.6. The molecule has 4 heteroatoms. The van der Waals surface area contributed by atoms with Gasteiger partial charge in [0.1, 0.15) is 11.5 Å². The zero-order valence-electron chi connectivity index (χ0n) is 22.4. The molecule has 6 rings (SSSR count). The van der Waals surface area contributed by atoms with E-state index in [1.54, 1.807) is 0 Å². The summed E-state index contributed by atoms with van der Waals surface area (Å²) in [5, 5.41) is 22.4. The van der Waals surface area contributed by atoms with Crippen LogP contribution in [0.3, 0.4) is 0 Å². The van der Waals surface area contributed by atoms with E-state index in [9.17, 15) is 15.0 Å². The number of ether oxygens (including phenoxy) is 1. The van der Waals surface area contributed by atoms with Crippen molar-refractivity contribution in [2.75, 3.05) is 0 Å². The third kappa shape index (κ3) is 2.37. The van der Waals surface area contributed by atoms with Crippen molar-refractivity contribution in [1.29, 1.82) is 0 Å². The Morgan fingerprint density at radius 1 is 0.882 bits per heavy atom. The predicted octanol–water partition coefficient (Wildman–Crippen LogP) is 5.66. The van der Waals surface area contributed by atoms with Crippen LogP contribution >= 0.6 is 0 Å². The Morgan fingerprint density at radius 2 is 1.59 bits per heavy atom. The van der Waals surface area contributed by atoms with Crippen LogP contribution in [0.1, 0.15) is 99.8 Å². The fourth-order valence-corrected chi connectivity index (χ4v) is 11.1. The summed E-state index contributed by atoms with van der Waals surface area (Å²) in [6, 6.07) is 0. The van der Waals surface area contributed by atoms with Crippen molar-refractivity contribution in [1.82, 2.24) is 0 Å². The zero-order valence-corrected chi connectivity index (χ0v) is 22.4. The predicted molar refractivity (Wildman–Crippen MR) is 132 cm³/mol. The van der Waals surface area contributed by atoms with Crippen molar-refractivity contribution < 1.29 is 19.7 Å². The lowest BCUT2D eigenvalue weighted by Gasteiger charge is -2.72. The second-order valence-corrected chi connectivity index (χ2v) is 15.1. The molecule has 190 valence electrons. The van der Waals surface area contributed by atoms with E-state index in [4.69, 9.17) is 4.74 Å². The number of aliphatic hydroxyl groups is 2. The number of hydrogen-bond donors (Lipinski definition) is 2. The minimum atomic E-state index is -0.584. The smallest absolute Gasteiger partial charge is 0.316 e. The molecule has 0 bridgehead atoms. The molecule has 0 radical (unpaired) electrons. The molecule has 11 atom stereocenters. The zero-order chi connectivity index (χ0) is 24.7. The topological polar surface area (TPSA) is 66.8 Å². The minimum absolute atomic E-state index is 0.0357. The van der Waals surface area contributed by atoms with Crippen molar-refractivity contribution in [3.63, 3.8) is 0 Å². The Hall–Kier alpha value is -0.870. The molecule has 0 aromatic rings. The van der Waals surface area contributed by atoms with E-state index in [1.807, 2.05) is 6.92 Å². The third-order valence-corrected chi connectivity index (χ3v) is 13.8. The van der Waals surface area contributed by atoms with Crippen molar-refractivity contribution >= 4 is 5.97 Å². The highest BCUT2D eigenvalue weighted by atomic mass is 16.6. The molecule has 1 aliphatic heterocycles. The van der Waals surface area contributed by atoms with E-state index in [1.165, 1.54) is 18.4 Å². The lowest BCUT2D eigenvalue weighted by atomic mass is 9.33. The molecule has 2 N–H and O–H groups in total. The molecule has 0 aromatic carbocycles. The molecule has 1 heterocycles. The SMILES string of the molecule is CC1(C)[C@H]2CC[C@@]3(C)[C@H](CC=C4[C@H]5C[C@@]6(C)C(=O)O[C@H]6[C@H](O)[C@@]5(C)CC[C@@]43C)[C@@]2(C)CC[C@@H]1O. The molecule has 5 fully saturated rings. The fraction of sp³-hybridized carbons (Fsp3) is 0.900. The summed E-state index contributed by atoms with van der Waals surface area (Å²) >= 11 is 0. The molecule has 4 nitrogen and oxygen atoms in total. The maximum absolute atomic E-state index is 12.6. The molecule has 5 aliphatic carbocycles. The average molecular weight is 471 g/mol. The number of aliphatic hydroxyl groups excluding tert-OH is 2. The minimum Gasteiger partial charge on any atom is -0.458 e. The molecule has 34 heavy (non-hydrogen) atoms. The molecule has 4 saturated carbocycles. The van der Waals surface area contributed by atoms with Gasteiger partial charge in [0, 0.05) is 5.41 Å². The lowest BCUT2D eigenvalue weighted by Crippen LogP contribution is -2.71. The van der Waals surface area contributed by atoms with Gasteiger partial charge in [0.2, 0.25) is 0 Å². The lowest BCUT2D eigenvalue weighted by molar-refractivity contribution is -0.266. The highest BCUT2D eigenvalue weighted by Gasteiger charge is 2.72. The summed E-state index contributed by atoms with van der Waals surface area (Å²) in [5.74, 6) is 1.27. The monoisotopic (exact) mass is 470 g/mol. The van der Waals surface area contributed by atoms with E-state index >= 15 is 0 Å².